The molecule has 19 heavy (non-hydrogen) atoms. The van der Waals surface area contributed by atoms with Crippen LogP contribution in [0.25, 0.3) is 0 Å². The standard InChI is InChI=1S/C15H25N3O/c1-3-4-8-11-16-15(19)17-12-13-18(2)14-9-6-5-7-10-14/h5-7,9-10H,3-4,8,11-13H2,1-2H3,(H2,16,17,19). The molecule has 2 amide bonds. The normalized spacial score (nSPS) is 10.0. The summed E-state index contributed by atoms with van der Waals surface area (Å²) in [5.74, 6) is 0. The highest BCUT2D eigenvalue weighted by atomic mass is 16.2. The van der Waals surface area contributed by atoms with E-state index in [9.17, 15) is 4.79 Å². The van der Waals surface area contributed by atoms with Crippen molar-refractivity contribution in [3.05, 3.63) is 30.3 Å². The molecule has 0 aliphatic carbocycles. The first-order valence-electron chi connectivity index (χ1n) is 7.02. The van der Waals surface area contributed by atoms with E-state index in [4.69, 9.17) is 0 Å². The number of rotatable bonds is 8. The number of carbonyl (C=O) groups excluding carboxylic acids is 1. The smallest absolute Gasteiger partial charge is 0.314 e. The van der Waals surface area contributed by atoms with Crippen molar-refractivity contribution in [3.8, 4) is 0 Å². The van der Waals surface area contributed by atoms with Crippen LogP contribution in [0.3, 0.4) is 0 Å². The van der Waals surface area contributed by atoms with Crippen LogP contribution in [0.1, 0.15) is 26.2 Å². The Hall–Kier alpha value is -1.71. The number of hydrogen-bond acceptors (Lipinski definition) is 2. The van der Waals surface area contributed by atoms with E-state index < -0.39 is 0 Å². The topological polar surface area (TPSA) is 44.4 Å². The van der Waals surface area contributed by atoms with E-state index >= 15 is 0 Å². The molecule has 1 rings (SSSR count). The fourth-order valence-corrected chi connectivity index (χ4v) is 1.79. The molecule has 0 bridgehead atoms. The zero-order valence-electron chi connectivity index (χ0n) is 12.0. The second-order valence-corrected chi connectivity index (χ2v) is 4.65. The van der Waals surface area contributed by atoms with E-state index in [0.717, 1.165) is 31.6 Å². The minimum absolute atomic E-state index is 0.0717. The molecule has 1 aromatic rings. The van der Waals surface area contributed by atoms with Gasteiger partial charge in [-0.1, -0.05) is 38.0 Å². The molecule has 0 saturated carbocycles. The van der Waals surface area contributed by atoms with Gasteiger partial charge in [0.1, 0.15) is 0 Å². The van der Waals surface area contributed by atoms with E-state index in [1.807, 2.05) is 25.2 Å². The van der Waals surface area contributed by atoms with E-state index in [-0.39, 0.29) is 6.03 Å². The molecule has 0 atom stereocenters. The molecule has 0 aliphatic heterocycles. The highest BCUT2D eigenvalue weighted by molar-refractivity contribution is 5.73. The maximum Gasteiger partial charge on any atom is 0.314 e. The van der Waals surface area contributed by atoms with Crippen molar-refractivity contribution < 1.29 is 4.79 Å². The Kier molecular flexibility index (Phi) is 7.47. The Morgan fingerprint density at radius 3 is 2.47 bits per heavy atom. The SMILES string of the molecule is CCCCCNC(=O)NCCN(C)c1ccccc1. The first-order valence-corrected chi connectivity index (χ1v) is 7.02. The highest BCUT2D eigenvalue weighted by Crippen LogP contribution is 2.09. The average molecular weight is 263 g/mol. The number of benzene rings is 1. The van der Waals surface area contributed by atoms with Crippen molar-refractivity contribution in [3.63, 3.8) is 0 Å². The van der Waals surface area contributed by atoms with E-state index in [2.05, 4.69) is 34.6 Å². The number of nitrogens with zero attached hydrogens (tertiary/aromatic N) is 1. The number of amides is 2. The monoisotopic (exact) mass is 263 g/mol. The van der Waals surface area contributed by atoms with Gasteiger partial charge in [-0.05, 0) is 18.6 Å². The number of para-hydroxylation sites is 1. The Morgan fingerprint density at radius 2 is 1.79 bits per heavy atom. The number of hydrogen-bond donors (Lipinski definition) is 2. The molecule has 1 aromatic carbocycles. The van der Waals surface area contributed by atoms with Crippen molar-refractivity contribution in [2.45, 2.75) is 26.2 Å². The molecule has 0 aliphatic rings. The fraction of sp³-hybridized carbons (Fsp3) is 0.533. The summed E-state index contributed by atoms with van der Waals surface area (Å²) in [6.07, 6.45) is 3.38. The third-order valence-corrected chi connectivity index (χ3v) is 3.00. The Morgan fingerprint density at radius 1 is 1.11 bits per heavy atom. The Bertz CT molecular complexity index is 354. The van der Waals surface area contributed by atoms with Gasteiger partial charge in [0.15, 0.2) is 0 Å². The summed E-state index contributed by atoms with van der Waals surface area (Å²) in [4.78, 5) is 13.6. The van der Waals surface area contributed by atoms with Crippen LogP contribution in [-0.4, -0.2) is 32.7 Å². The minimum Gasteiger partial charge on any atom is -0.373 e. The quantitative estimate of drug-likeness (QED) is 0.708. The van der Waals surface area contributed by atoms with Crippen LogP contribution in [0.4, 0.5) is 10.5 Å². The van der Waals surface area contributed by atoms with Gasteiger partial charge in [0.2, 0.25) is 0 Å². The first kappa shape index (κ1) is 15.3. The van der Waals surface area contributed by atoms with Gasteiger partial charge >= 0.3 is 6.03 Å². The van der Waals surface area contributed by atoms with Crippen LogP contribution in [0.2, 0.25) is 0 Å². The average Bonchev–Trinajstić information content (AvgIpc) is 2.44. The van der Waals surface area contributed by atoms with Crippen LogP contribution in [0, 0.1) is 0 Å². The number of carbonyl (C=O) groups is 1. The van der Waals surface area contributed by atoms with Crippen LogP contribution in [0.5, 0.6) is 0 Å². The Balaban J connectivity index is 2.11. The molecule has 4 nitrogen and oxygen atoms in total. The molecule has 0 heterocycles. The lowest BCUT2D eigenvalue weighted by molar-refractivity contribution is 0.241. The summed E-state index contributed by atoms with van der Waals surface area (Å²) in [7, 11) is 2.02. The fourth-order valence-electron chi connectivity index (χ4n) is 1.79. The van der Waals surface area contributed by atoms with Gasteiger partial charge in [0, 0.05) is 32.4 Å². The molecule has 0 radical (unpaired) electrons. The lowest BCUT2D eigenvalue weighted by atomic mass is 10.2. The third kappa shape index (κ3) is 6.70. The largest absolute Gasteiger partial charge is 0.373 e. The summed E-state index contributed by atoms with van der Waals surface area (Å²) in [6.45, 7) is 4.35. The number of anilines is 1. The predicted octanol–water partition coefficient (Wildman–Crippen LogP) is 2.61. The highest BCUT2D eigenvalue weighted by Gasteiger charge is 2.01. The van der Waals surface area contributed by atoms with Crippen LogP contribution in [-0.2, 0) is 0 Å². The maximum absolute atomic E-state index is 11.5. The molecular weight excluding hydrogens is 238 g/mol. The number of unbranched alkanes of at least 4 members (excludes halogenated alkanes) is 2. The van der Waals surface area contributed by atoms with Crippen molar-refractivity contribution >= 4 is 11.7 Å². The van der Waals surface area contributed by atoms with E-state index in [1.54, 1.807) is 0 Å². The third-order valence-electron chi connectivity index (χ3n) is 3.00. The van der Waals surface area contributed by atoms with Crippen LogP contribution >= 0.6 is 0 Å². The van der Waals surface area contributed by atoms with E-state index in [0.29, 0.717) is 6.54 Å². The summed E-state index contributed by atoms with van der Waals surface area (Å²) < 4.78 is 0. The lowest BCUT2D eigenvalue weighted by Crippen LogP contribution is -2.40. The zero-order valence-corrected chi connectivity index (χ0v) is 12.0. The maximum atomic E-state index is 11.5. The summed E-state index contributed by atoms with van der Waals surface area (Å²) in [6, 6.07) is 10.1. The van der Waals surface area contributed by atoms with Crippen LogP contribution < -0.4 is 15.5 Å². The van der Waals surface area contributed by atoms with E-state index in [1.165, 1.54) is 6.42 Å². The van der Waals surface area contributed by atoms with Crippen LogP contribution in [0.15, 0.2) is 30.3 Å². The summed E-state index contributed by atoms with van der Waals surface area (Å²) >= 11 is 0. The zero-order chi connectivity index (χ0) is 13.9. The van der Waals surface area contributed by atoms with Crippen molar-refractivity contribution in [1.29, 1.82) is 0 Å². The Labute approximate surface area is 116 Å². The molecule has 0 spiro atoms. The molecule has 0 aromatic heterocycles. The van der Waals surface area contributed by atoms with Crippen molar-refractivity contribution in [2.24, 2.45) is 0 Å². The van der Waals surface area contributed by atoms with Crippen molar-refractivity contribution in [1.82, 2.24) is 10.6 Å². The van der Waals surface area contributed by atoms with Gasteiger partial charge in [-0.15, -0.1) is 0 Å². The molecule has 4 heteroatoms. The second-order valence-electron chi connectivity index (χ2n) is 4.65. The molecule has 0 saturated heterocycles. The number of urea groups is 1. The number of likely N-dealkylation sites (N-methyl/N-ethyl adjacent to an activating group) is 1. The molecule has 0 unspecified atom stereocenters. The van der Waals surface area contributed by atoms with Gasteiger partial charge in [0.25, 0.3) is 0 Å². The van der Waals surface area contributed by atoms with Gasteiger partial charge in [-0.2, -0.15) is 0 Å². The molecule has 106 valence electrons. The summed E-state index contributed by atoms with van der Waals surface area (Å²) in [5.41, 5.74) is 1.16. The first-order chi connectivity index (χ1) is 9.24. The van der Waals surface area contributed by atoms with Gasteiger partial charge in [-0.25, -0.2) is 4.79 Å². The summed E-state index contributed by atoms with van der Waals surface area (Å²) in [5, 5.41) is 5.73. The predicted molar refractivity (Wildman–Crippen MR) is 80.6 cm³/mol. The molecular formula is C15H25N3O. The molecule has 2 N–H and O–H groups in total. The molecule has 0 fully saturated rings. The van der Waals surface area contributed by atoms with Gasteiger partial charge in [-0.3, -0.25) is 0 Å². The number of nitrogens with one attached hydrogen (secondary N) is 2. The van der Waals surface area contributed by atoms with Gasteiger partial charge in [0.05, 0.1) is 0 Å². The second kappa shape index (κ2) is 9.25. The van der Waals surface area contributed by atoms with Crippen molar-refractivity contribution in [2.75, 3.05) is 31.6 Å². The lowest BCUT2D eigenvalue weighted by Gasteiger charge is -2.19. The minimum atomic E-state index is -0.0717. The van der Waals surface area contributed by atoms with Gasteiger partial charge < -0.3 is 15.5 Å².